The van der Waals surface area contributed by atoms with E-state index in [1.165, 1.54) is 6.07 Å². The second-order valence-corrected chi connectivity index (χ2v) is 10.3. The van der Waals surface area contributed by atoms with E-state index >= 15 is 0 Å². The molecule has 32 heavy (non-hydrogen) atoms. The lowest BCUT2D eigenvalue weighted by atomic mass is 10.1. The molecule has 172 valence electrons. The molecule has 0 unspecified atom stereocenters. The van der Waals surface area contributed by atoms with Gasteiger partial charge in [0, 0.05) is 24.7 Å². The molecule has 1 atom stereocenters. The summed E-state index contributed by atoms with van der Waals surface area (Å²) in [5, 5.41) is 2.92. The van der Waals surface area contributed by atoms with Crippen molar-refractivity contribution in [3.63, 3.8) is 0 Å². The van der Waals surface area contributed by atoms with E-state index in [9.17, 15) is 13.2 Å². The highest BCUT2D eigenvalue weighted by Crippen LogP contribution is 2.31. The SMILES string of the molecule is Cc1ccc(S(=O)(=O)N2CCCC[C@H]2C)cc1C(=O)NCCc1ccc2c(c1)OCCO2. The summed E-state index contributed by atoms with van der Waals surface area (Å²) in [4.78, 5) is 13.0. The topological polar surface area (TPSA) is 84.9 Å². The number of carbonyl (C=O) groups excluding carboxylic acids is 1. The summed E-state index contributed by atoms with van der Waals surface area (Å²) in [5.41, 5.74) is 2.16. The van der Waals surface area contributed by atoms with Gasteiger partial charge in [-0.3, -0.25) is 4.79 Å². The summed E-state index contributed by atoms with van der Waals surface area (Å²) in [6, 6.07) is 10.5. The minimum absolute atomic E-state index is 0.0293. The van der Waals surface area contributed by atoms with Crippen LogP contribution in [0.4, 0.5) is 0 Å². The number of hydrogen-bond donors (Lipinski definition) is 1. The number of nitrogens with one attached hydrogen (secondary N) is 1. The van der Waals surface area contributed by atoms with Crippen molar-refractivity contribution in [2.24, 2.45) is 0 Å². The van der Waals surface area contributed by atoms with Crippen molar-refractivity contribution in [1.82, 2.24) is 9.62 Å². The molecule has 0 aliphatic carbocycles. The van der Waals surface area contributed by atoms with E-state index in [1.807, 2.05) is 32.0 Å². The third-order valence-electron chi connectivity index (χ3n) is 6.11. The highest BCUT2D eigenvalue weighted by Gasteiger charge is 2.31. The van der Waals surface area contributed by atoms with E-state index in [1.54, 1.807) is 16.4 Å². The number of fused-ring (bicyclic) bond motifs is 1. The predicted molar refractivity (Wildman–Crippen MR) is 122 cm³/mol. The van der Waals surface area contributed by atoms with Crippen LogP contribution in [0.2, 0.25) is 0 Å². The van der Waals surface area contributed by atoms with Gasteiger partial charge in [0.15, 0.2) is 11.5 Å². The van der Waals surface area contributed by atoms with Crippen molar-refractivity contribution in [3.8, 4) is 11.5 Å². The van der Waals surface area contributed by atoms with E-state index in [-0.39, 0.29) is 16.8 Å². The summed E-state index contributed by atoms with van der Waals surface area (Å²) in [6.07, 6.45) is 3.39. The number of sulfonamides is 1. The molecule has 0 spiro atoms. The maximum absolute atomic E-state index is 13.2. The third kappa shape index (κ3) is 4.76. The highest BCUT2D eigenvalue weighted by molar-refractivity contribution is 7.89. The van der Waals surface area contributed by atoms with Gasteiger partial charge in [0.05, 0.1) is 4.90 Å². The van der Waals surface area contributed by atoms with Crippen molar-refractivity contribution in [2.75, 3.05) is 26.3 Å². The lowest BCUT2D eigenvalue weighted by Gasteiger charge is -2.32. The molecule has 1 saturated heterocycles. The second kappa shape index (κ2) is 9.50. The molecule has 0 radical (unpaired) electrons. The van der Waals surface area contributed by atoms with Crippen LogP contribution in [0, 0.1) is 6.92 Å². The standard InChI is InChI=1S/C24H30N2O5S/c1-17-6-8-20(32(28,29)26-12-4-3-5-18(26)2)16-21(17)24(27)25-11-10-19-7-9-22-23(15-19)31-14-13-30-22/h6-9,15-16,18H,3-5,10-14H2,1-2H3,(H,25,27)/t18-/m1/s1. The Morgan fingerprint density at radius 1 is 1.09 bits per heavy atom. The Kier molecular flexibility index (Phi) is 6.71. The molecule has 7 nitrogen and oxygen atoms in total. The van der Waals surface area contributed by atoms with E-state index in [0.717, 1.165) is 41.9 Å². The van der Waals surface area contributed by atoms with Crippen molar-refractivity contribution in [3.05, 3.63) is 53.1 Å². The van der Waals surface area contributed by atoms with Crippen molar-refractivity contribution >= 4 is 15.9 Å². The number of benzene rings is 2. The van der Waals surface area contributed by atoms with Crippen LogP contribution in [0.25, 0.3) is 0 Å². The number of rotatable bonds is 6. The van der Waals surface area contributed by atoms with E-state index in [2.05, 4.69) is 5.32 Å². The van der Waals surface area contributed by atoms with Gasteiger partial charge in [0.1, 0.15) is 13.2 Å². The van der Waals surface area contributed by atoms with E-state index in [0.29, 0.717) is 38.3 Å². The summed E-state index contributed by atoms with van der Waals surface area (Å²) in [5.74, 6) is 1.19. The van der Waals surface area contributed by atoms with Gasteiger partial charge in [-0.05, 0) is 68.5 Å². The zero-order valence-electron chi connectivity index (χ0n) is 18.6. The predicted octanol–water partition coefficient (Wildman–Crippen LogP) is 3.30. The maximum Gasteiger partial charge on any atom is 0.251 e. The Morgan fingerprint density at radius 2 is 1.88 bits per heavy atom. The van der Waals surface area contributed by atoms with Crippen LogP contribution >= 0.6 is 0 Å². The van der Waals surface area contributed by atoms with Gasteiger partial charge in [0.25, 0.3) is 5.91 Å². The van der Waals surface area contributed by atoms with Gasteiger partial charge in [-0.2, -0.15) is 4.31 Å². The normalized spacial score (nSPS) is 18.9. The average molecular weight is 459 g/mol. The smallest absolute Gasteiger partial charge is 0.251 e. The van der Waals surface area contributed by atoms with Gasteiger partial charge in [-0.25, -0.2) is 8.42 Å². The van der Waals surface area contributed by atoms with E-state index in [4.69, 9.17) is 9.47 Å². The summed E-state index contributed by atoms with van der Waals surface area (Å²) < 4.78 is 39.0. The molecule has 8 heteroatoms. The Balaban J connectivity index is 1.43. The fraction of sp³-hybridized carbons (Fsp3) is 0.458. The molecule has 4 rings (SSSR count). The van der Waals surface area contributed by atoms with Gasteiger partial charge in [0.2, 0.25) is 10.0 Å². The minimum Gasteiger partial charge on any atom is -0.486 e. The number of aryl methyl sites for hydroxylation is 1. The zero-order chi connectivity index (χ0) is 22.7. The average Bonchev–Trinajstić information content (AvgIpc) is 2.79. The fourth-order valence-electron chi connectivity index (χ4n) is 4.23. The lowest BCUT2D eigenvalue weighted by Crippen LogP contribution is -2.42. The first kappa shape index (κ1) is 22.6. The van der Waals surface area contributed by atoms with Gasteiger partial charge >= 0.3 is 0 Å². The Bertz CT molecular complexity index is 1100. The van der Waals surface area contributed by atoms with Crippen molar-refractivity contribution < 1.29 is 22.7 Å². The molecule has 1 N–H and O–H groups in total. The van der Waals surface area contributed by atoms with Gasteiger partial charge in [-0.15, -0.1) is 0 Å². The number of ether oxygens (including phenoxy) is 2. The van der Waals surface area contributed by atoms with Crippen LogP contribution in [0.1, 0.15) is 47.7 Å². The first-order chi connectivity index (χ1) is 15.4. The molecular weight excluding hydrogens is 428 g/mol. The monoisotopic (exact) mass is 458 g/mol. The summed E-state index contributed by atoms with van der Waals surface area (Å²) >= 11 is 0. The van der Waals surface area contributed by atoms with Crippen LogP contribution in [0.15, 0.2) is 41.3 Å². The number of nitrogens with zero attached hydrogens (tertiary/aromatic N) is 1. The Morgan fingerprint density at radius 3 is 2.66 bits per heavy atom. The van der Waals surface area contributed by atoms with Crippen LogP contribution in [0.3, 0.4) is 0 Å². The molecule has 2 aliphatic heterocycles. The van der Waals surface area contributed by atoms with Gasteiger partial charge < -0.3 is 14.8 Å². The molecule has 2 heterocycles. The largest absolute Gasteiger partial charge is 0.486 e. The first-order valence-corrected chi connectivity index (χ1v) is 12.6. The molecule has 0 aromatic heterocycles. The number of carbonyl (C=O) groups is 1. The molecule has 0 saturated carbocycles. The van der Waals surface area contributed by atoms with Crippen molar-refractivity contribution in [2.45, 2.75) is 50.5 Å². The summed E-state index contributed by atoms with van der Waals surface area (Å²) in [7, 11) is -3.63. The van der Waals surface area contributed by atoms with Crippen LogP contribution in [-0.4, -0.2) is 51.0 Å². The Hall–Kier alpha value is -2.58. The molecule has 2 aromatic carbocycles. The molecule has 2 aliphatic rings. The van der Waals surface area contributed by atoms with E-state index < -0.39 is 10.0 Å². The maximum atomic E-state index is 13.2. The fourth-order valence-corrected chi connectivity index (χ4v) is 5.96. The molecule has 2 aromatic rings. The van der Waals surface area contributed by atoms with Crippen LogP contribution in [-0.2, 0) is 16.4 Å². The summed E-state index contributed by atoms with van der Waals surface area (Å²) in [6.45, 7) is 5.79. The second-order valence-electron chi connectivity index (χ2n) is 8.42. The molecule has 0 bridgehead atoms. The quantitative estimate of drug-likeness (QED) is 0.718. The molecular formula is C24H30N2O5S. The van der Waals surface area contributed by atoms with Crippen LogP contribution < -0.4 is 14.8 Å². The molecule has 1 amide bonds. The minimum atomic E-state index is -3.63. The van der Waals surface area contributed by atoms with Crippen molar-refractivity contribution in [1.29, 1.82) is 0 Å². The number of amides is 1. The lowest BCUT2D eigenvalue weighted by molar-refractivity contribution is 0.0953. The highest BCUT2D eigenvalue weighted by atomic mass is 32.2. The Labute approximate surface area is 189 Å². The number of hydrogen-bond acceptors (Lipinski definition) is 5. The zero-order valence-corrected chi connectivity index (χ0v) is 19.4. The third-order valence-corrected chi connectivity index (χ3v) is 8.12. The molecule has 1 fully saturated rings. The number of piperidine rings is 1. The first-order valence-electron chi connectivity index (χ1n) is 11.2. The van der Waals surface area contributed by atoms with Gasteiger partial charge in [-0.1, -0.05) is 18.6 Å². The van der Waals surface area contributed by atoms with Crippen LogP contribution in [0.5, 0.6) is 11.5 Å².